The molecule has 2 heterocycles. The molecule has 1 aromatic heterocycles. The molecule has 3 rings (SSSR count). The van der Waals surface area contributed by atoms with Crippen LogP contribution in [-0.2, 0) is 17.7 Å². The summed E-state index contributed by atoms with van der Waals surface area (Å²) in [6.07, 6.45) is 3.37. The van der Waals surface area contributed by atoms with Crippen molar-refractivity contribution in [1.29, 1.82) is 0 Å². The third-order valence-corrected chi connectivity index (χ3v) is 4.41. The van der Waals surface area contributed by atoms with Gasteiger partial charge in [-0.15, -0.1) is 0 Å². The first-order valence-electron chi connectivity index (χ1n) is 8.28. The van der Waals surface area contributed by atoms with E-state index in [2.05, 4.69) is 29.2 Å². The summed E-state index contributed by atoms with van der Waals surface area (Å²) in [5, 5.41) is 0. The van der Waals surface area contributed by atoms with E-state index in [9.17, 15) is 4.79 Å². The van der Waals surface area contributed by atoms with Gasteiger partial charge in [-0.3, -0.25) is 9.69 Å². The third-order valence-electron chi connectivity index (χ3n) is 4.41. The molecule has 1 fully saturated rings. The molecular weight excluding hydrogens is 306 g/mol. The minimum atomic E-state index is -0.149. The Morgan fingerprint density at radius 3 is 2.79 bits per heavy atom. The summed E-state index contributed by atoms with van der Waals surface area (Å²) in [7, 11) is 1.50. The lowest BCUT2D eigenvalue weighted by molar-refractivity contribution is 0.131. The molecule has 128 valence electrons. The van der Waals surface area contributed by atoms with E-state index in [1.165, 1.54) is 25.0 Å². The summed E-state index contributed by atoms with van der Waals surface area (Å²) in [4.78, 5) is 14.2. The van der Waals surface area contributed by atoms with Crippen LogP contribution in [0, 0.1) is 0 Å². The van der Waals surface area contributed by atoms with E-state index >= 15 is 0 Å². The topological polar surface area (TPSA) is 51.9 Å². The summed E-state index contributed by atoms with van der Waals surface area (Å²) in [5.41, 5.74) is 1.15. The van der Waals surface area contributed by atoms with Gasteiger partial charge in [-0.1, -0.05) is 30.3 Å². The van der Waals surface area contributed by atoms with Gasteiger partial charge in [0, 0.05) is 25.3 Å². The molecule has 0 radical (unpaired) electrons. The maximum atomic E-state index is 11.9. The minimum Gasteiger partial charge on any atom is -0.490 e. The number of ether oxygens (including phenoxy) is 2. The van der Waals surface area contributed by atoms with Crippen molar-refractivity contribution < 1.29 is 13.9 Å². The minimum absolute atomic E-state index is 0.149. The Morgan fingerprint density at radius 1 is 1.25 bits per heavy atom. The highest BCUT2D eigenvalue weighted by Crippen LogP contribution is 2.20. The fourth-order valence-corrected chi connectivity index (χ4v) is 3.07. The van der Waals surface area contributed by atoms with E-state index in [1.807, 2.05) is 6.07 Å². The van der Waals surface area contributed by atoms with Gasteiger partial charge in [0.1, 0.15) is 0 Å². The molecule has 5 heteroatoms. The highest BCUT2D eigenvalue weighted by Gasteiger charge is 2.25. The van der Waals surface area contributed by atoms with Crippen molar-refractivity contribution in [3.8, 4) is 5.75 Å². The van der Waals surface area contributed by atoms with Crippen LogP contribution in [0.5, 0.6) is 5.75 Å². The van der Waals surface area contributed by atoms with Crippen LogP contribution < -0.4 is 10.2 Å². The molecule has 0 amide bonds. The molecule has 2 aromatic rings. The average molecular weight is 329 g/mol. The Balaban J connectivity index is 1.75. The van der Waals surface area contributed by atoms with Crippen LogP contribution >= 0.6 is 0 Å². The third kappa shape index (κ3) is 4.04. The molecule has 1 atom stereocenters. The molecule has 0 saturated carbocycles. The van der Waals surface area contributed by atoms with Crippen LogP contribution in [0.15, 0.2) is 51.9 Å². The highest BCUT2D eigenvalue weighted by atomic mass is 16.5. The molecule has 1 unspecified atom stereocenters. The molecule has 0 N–H and O–H groups in total. The van der Waals surface area contributed by atoms with Crippen LogP contribution in [0.1, 0.15) is 17.7 Å². The maximum Gasteiger partial charge on any atom is 0.227 e. The molecule has 1 aliphatic rings. The van der Waals surface area contributed by atoms with Crippen molar-refractivity contribution in [2.75, 3.05) is 26.9 Å². The summed E-state index contributed by atoms with van der Waals surface area (Å²) in [6, 6.07) is 12.1. The normalized spacial score (nSPS) is 17.3. The zero-order chi connectivity index (χ0) is 16.8. The molecule has 24 heavy (non-hydrogen) atoms. The van der Waals surface area contributed by atoms with Crippen LogP contribution in [0.2, 0.25) is 0 Å². The molecule has 1 aromatic carbocycles. The smallest absolute Gasteiger partial charge is 0.227 e. The first kappa shape index (κ1) is 16.7. The fraction of sp³-hybridized carbons (Fsp3) is 0.421. The van der Waals surface area contributed by atoms with Crippen LogP contribution in [0.4, 0.5) is 0 Å². The SMILES string of the molecule is COc1c(CN(CCc2ccccc2)C2CCOC2)occc1=O. The average Bonchev–Trinajstić information content (AvgIpc) is 3.14. The van der Waals surface area contributed by atoms with Gasteiger partial charge in [0.05, 0.1) is 26.5 Å². The van der Waals surface area contributed by atoms with E-state index in [0.29, 0.717) is 30.7 Å². The molecule has 5 nitrogen and oxygen atoms in total. The van der Waals surface area contributed by atoms with E-state index in [-0.39, 0.29) is 5.43 Å². The van der Waals surface area contributed by atoms with Gasteiger partial charge in [0.2, 0.25) is 11.2 Å². The maximum absolute atomic E-state index is 11.9. The van der Waals surface area contributed by atoms with E-state index in [4.69, 9.17) is 13.9 Å². The first-order valence-corrected chi connectivity index (χ1v) is 8.28. The van der Waals surface area contributed by atoms with E-state index in [0.717, 1.165) is 26.0 Å². The second-order valence-electron chi connectivity index (χ2n) is 5.96. The number of nitrogens with zero attached hydrogens (tertiary/aromatic N) is 1. The molecule has 0 spiro atoms. The van der Waals surface area contributed by atoms with Gasteiger partial charge in [0.15, 0.2) is 5.76 Å². The number of benzene rings is 1. The van der Waals surface area contributed by atoms with Crippen molar-refractivity contribution in [3.63, 3.8) is 0 Å². The predicted molar refractivity (Wildman–Crippen MR) is 91.3 cm³/mol. The zero-order valence-corrected chi connectivity index (χ0v) is 13.9. The Hall–Kier alpha value is -2.11. The summed E-state index contributed by atoms with van der Waals surface area (Å²) < 4.78 is 16.3. The lowest BCUT2D eigenvalue weighted by Crippen LogP contribution is -2.37. The van der Waals surface area contributed by atoms with Crippen LogP contribution in [0.3, 0.4) is 0 Å². The fourth-order valence-electron chi connectivity index (χ4n) is 3.07. The predicted octanol–water partition coefficient (Wildman–Crippen LogP) is 2.48. The van der Waals surface area contributed by atoms with Crippen molar-refractivity contribution in [2.24, 2.45) is 0 Å². The van der Waals surface area contributed by atoms with Gasteiger partial charge in [-0.05, 0) is 18.4 Å². The Labute approximate surface area is 141 Å². The van der Waals surface area contributed by atoms with Crippen molar-refractivity contribution >= 4 is 0 Å². The Bertz CT molecular complexity index is 692. The molecule has 1 saturated heterocycles. The van der Waals surface area contributed by atoms with Crippen molar-refractivity contribution in [1.82, 2.24) is 4.90 Å². The number of hydrogen-bond donors (Lipinski definition) is 0. The van der Waals surface area contributed by atoms with Crippen molar-refractivity contribution in [3.05, 3.63) is 64.2 Å². The summed E-state index contributed by atoms with van der Waals surface area (Å²) >= 11 is 0. The lowest BCUT2D eigenvalue weighted by Gasteiger charge is -2.27. The summed E-state index contributed by atoms with van der Waals surface area (Å²) in [6.45, 7) is 2.91. The Kier molecular flexibility index (Phi) is 5.67. The number of methoxy groups -OCH3 is 1. The number of rotatable bonds is 7. The van der Waals surface area contributed by atoms with Gasteiger partial charge in [0.25, 0.3) is 0 Å². The second-order valence-corrected chi connectivity index (χ2v) is 5.96. The van der Waals surface area contributed by atoms with E-state index < -0.39 is 0 Å². The monoisotopic (exact) mass is 329 g/mol. The first-order chi connectivity index (χ1) is 11.8. The summed E-state index contributed by atoms with van der Waals surface area (Å²) in [5.74, 6) is 0.867. The van der Waals surface area contributed by atoms with Gasteiger partial charge in [-0.25, -0.2) is 0 Å². The molecule has 0 aliphatic carbocycles. The van der Waals surface area contributed by atoms with Gasteiger partial charge >= 0.3 is 0 Å². The molecule has 0 bridgehead atoms. The Morgan fingerprint density at radius 2 is 2.08 bits per heavy atom. The number of hydrogen-bond acceptors (Lipinski definition) is 5. The second kappa shape index (κ2) is 8.13. The van der Waals surface area contributed by atoms with Gasteiger partial charge < -0.3 is 13.9 Å². The van der Waals surface area contributed by atoms with Crippen molar-refractivity contribution in [2.45, 2.75) is 25.4 Å². The quantitative estimate of drug-likeness (QED) is 0.781. The lowest BCUT2D eigenvalue weighted by atomic mass is 10.1. The molecule has 1 aliphatic heterocycles. The van der Waals surface area contributed by atoms with Crippen LogP contribution in [0.25, 0.3) is 0 Å². The largest absolute Gasteiger partial charge is 0.490 e. The standard InChI is InChI=1S/C19H23NO4/c1-22-19-17(21)9-12-24-18(19)13-20(16-8-11-23-14-16)10-7-15-5-3-2-4-6-15/h2-6,9,12,16H,7-8,10-11,13-14H2,1H3. The van der Waals surface area contributed by atoms with Gasteiger partial charge in [-0.2, -0.15) is 0 Å². The molecular formula is C19H23NO4. The van der Waals surface area contributed by atoms with Crippen LogP contribution in [-0.4, -0.2) is 37.8 Å². The highest BCUT2D eigenvalue weighted by molar-refractivity contribution is 5.24. The van der Waals surface area contributed by atoms with E-state index in [1.54, 1.807) is 0 Å². The zero-order valence-electron chi connectivity index (χ0n) is 13.9.